The number of fused-ring (bicyclic) bond motifs is 1. The quantitative estimate of drug-likeness (QED) is 0.729. The Morgan fingerprint density at radius 1 is 1.13 bits per heavy atom. The number of hydrogen-bond donors (Lipinski definition) is 1. The monoisotopic (exact) mass is 435 g/mol. The summed E-state index contributed by atoms with van der Waals surface area (Å²) >= 11 is 0. The topological polar surface area (TPSA) is 97.2 Å². The van der Waals surface area contributed by atoms with Crippen molar-refractivity contribution in [2.75, 3.05) is 11.9 Å². The van der Waals surface area contributed by atoms with Crippen LogP contribution >= 0.6 is 0 Å². The van der Waals surface area contributed by atoms with E-state index in [1.807, 2.05) is 0 Å². The summed E-state index contributed by atoms with van der Waals surface area (Å²) in [4.78, 5) is 42.4. The van der Waals surface area contributed by atoms with Crippen LogP contribution in [0.3, 0.4) is 0 Å². The number of likely N-dealkylation sites (tertiary alicyclic amines) is 1. The summed E-state index contributed by atoms with van der Waals surface area (Å²) in [5, 5.41) is 6.34. The van der Waals surface area contributed by atoms with Crippen LogP contribution in [0.2, 0.25) is 0 Å². The van der Waals surface area contributed by atoms with Crippen LogP contribution < -0.4 is 5.32 Å². The van der Waals surface area contributed by atoms with Crippen molar-refractivity contribution in [2.24, 2.45) is 11.8 Å². The molecule has 2 aromatic rings. The first-order chi connectivity index (χ1) is 14.8. The number of imide groups is 1. The molecule has 1 aromatic carbocycles. The van der Waals surface area contributed by atoms with Crippen LogP contribution in [0, 0.1) is 11.8 Å². The van der Waals surface area contributed by atoms with Gasteiger partial charge < -0.3 is 5.32 Å². The minimum Gasteiger partial charge on any atom is -0.324 e. The van der Waals surface area contributed by atoms with Gasteiger partial charge in [-0.2, -0.15) is 18.3 Å². The molecule has 31 heavy (non-hydrogen) atoms. The molecule has 2 aliphatic rings. The molecule has 0 spiro atoms. The number of carbonyl (C=O) groups excluding carboxylic acids is 3. The molecule has 11 heteroatoms. The van der Waals surface area contributed by atoms with Gasteiger partial charge in [-0.3, -0.25) is 19.3 Å². The maximum absolute atomic E-state index is 13.1. The molecule has 0 bridgehead atoms. The van der Waals surface area contributed by atoms with Crippen molar-refractivity contribution in [1.82, 2.24) is 19.7 Å². The van der Waals surface area contributed by atoms with E-state index in [4.69, 9.17) is 0 Å². The lowest BCUT2D eigenvalue weighted by Crippen LogP contribution is -2.34. The Labute approximate surface area is 175 Å². The highest BCUT2D eigenvalue weighted by molar-refractivity contribution is 6.05. The van der Waals surface area contributed by atoms with Gasteiger partial charge in [0.05, 0.1) is 28.8 Å². The summed E-state index contributed by atoms with van der Waals surface area (Å²) in [6, 6.07) is 2.89. The molecule has 1 aromatic heterocycles. The molecule has 1 saturated heterocycles. The van der Waals surface area contributed by atoms with Gasteiger partial charge in [0, 0.05) is 13.0 Å². The zero-order valence-electron chi connectivity index (χ0n) is 16.4. The summed E-state index contributed by atoms with van der Waals surface area (Å²) in [5.41, 5.74) is -0.822. The first-order valence-corrected chi connectivity index (χ1v) is 9.97. The van der Waals surface area contributed by atoms with Crippen LogP contribution in [0.15, 0.2) is 30.9 Å². The van der Waals surface area contributed by atoms with Crippen LogP contribution in [-0.2, 0) is 20.6 Å². The van der Waals surface area contributed by atoms with Gasteiger partial charge >= 0.3 is 6.18 Å². The predicted molar refractivity (Wildman–Crippen MR) is 102 cm³/mol. The predicted octanol–water partition coefficient (Wildman–Crippen LogP) is 2.79. The fraction of sp³-hybridized carbons (Fsp3) is 0.450. The Hall–Kier alpha value is -3.24. The second-order valence-corrected chi connectivity index (χ2v) is 7.69. The largest absolute Gasteiger partial charge is 0.416 e. The SMILES string of the molecule is O=C(CCN1C(=O)C2CCCCC2C1=O)Nc1cc(C(F)(F)F)ccc1-n1cncn1. The highest BCUT2D eigenvalue weighted by Crippen LogP contribution is 2.38. The van der Waals surface area contributed by atoms with Crippen molar-refractivity contribution in [3.63, 3.8) is 0 Å². The Morgan fingerprint density at radius 3 is 2.39 bits per heavy atom. The molecule has 1 saturated carbocycles. The third-order valence-corrected chi connectivity index (χ3v) is 5.76. The van der Waals surface area contributed by atoms with E-state index >= 15 is 0 Å². The number of hydrogen-bond acceptors (Lipinski definition) is 5. The number of carbonyl (C=O) groups is 3. The van der Waals surface area contributed by atoms with Gasteiger partial charge in [-0.15, -0.1) is 0 Å². The van der Waals surface area contributed by atoms with Gasteiger partial charge in [0.1, 0.15) is 12.7 Å². The molecule has 1 aliphatic carbocycles. The molecular formula is C20H20F3N5O3. The second kappa shape index (κ2) is 8.12. The summed E-state index contributed by atoms with van der Waals surface area (Å²) in [7, 11) is 0. The maximum atomic E-state index is 13.1. The molecule has 8 nitrogen and oxygen atoms in total. The number of nitrogens with zero attached hydrogens (tertiary/aromatic N) is 4. The molecule has 2 heterocycles. The van der Waals surface area contributed by atoms with Crippen LogP contribution in [0.4, 0.5) is 18.9 Å². The van der Waals surface area contributed by atoms with Gasteiger partial charge in [-0.25, -0.2) is 9.67 Å². The first kappa shape index (κ1) is 21.0. The van der Waals surface area contributed by atoms with Crippen molar-refractivity contribution in [3.8, 4) is 5.69 Å². The second-order valence-electron chi connectivity index (χ2n) is 7.69. The third kappa shape index (κ3) is 4.17. The molecule has 2 unspecified atom stereocenters. The number of aromatic nitrogens is 3. The van der Waals surface area contributed by atoms with Crippen LogP contribution in [0.5, 0.6) is 0 Å². The van der Waals surface area contributed by atoms with Crippen molar-refractivity contribution in [1.29, 1.82) is 0 Å². The number of amides is 3. The highest BCUT2D eigenvalue weighted by Gasteiger charge is 2.47. The highest BCUT2D eigenvalue weighted by atomic mass is 19.4. The minimum absolute atomic E-state index is 0.0990. The molecule has 2 fully saturated rings. The number of rotatable bonds is 5. The van der Waals surface area contributed by atoms with Crippen molar-refractivity contribution >= 4 is 23.4 Å². The molecular weight excluding hydrogens is 415 g/mol. The van der Waals surface area contributed by atoms with Gasteiger partial charge in [0.15, 0.2) is 0 Å². The Balaban J connectivity index is 1.48. The van der Waals surface area contributed by atoms with Crippen LogP contribution in [0.25, 0.3) is 5.69 Å². The number of alkyl halides is 3. The standard InChI is InChI=1S/C20H20F3N5O3/c21-20(22,23)12-5-6-16(28-11-24-10-25-28)15(9-12)26-17(29)7-8-27-18(30)13-3-1-2-4-14(13)19(27)31/h5-6,9-11,13-14H,1-4,7-8H2,(H,26,29). The van der Waals surface area contributed by atoms with E-state index in [0.29, 0.717) is 12.8 Å². The zero-order chi connectivity index (χ0) is 22.2. The van der Waals surface area contributed by atoms with Crippen molar-refractivity contribution in [3.05, 3.63) is 36.4 Å². The van der Waals surface area contributed by atoms with Crippen molar-refractivity contribution in [2.45, 2.75) is 38.3 Å². The lowest BCUT2D eigenvalue weighted by molar-refractivity contribution is -0.140. The maximum Gasteiger partial charge on any atom is 0.416 e. The summed E-state index contributed by atoms with van der Waals surface area (Å²) in [5.74, 6) is -1.76. The molecule has 2 atom stereocenters. The number of benzene rings is 1. The smallest absolute Gasteiger partial charge is 0.324 e. The summed E-state index contributed by atoms with van der Waals surface area (Å²) in [6.07, 6.45) is 0.834. The van der Waals surface area contributed by atoms with Crippen LogP contribution in [0.1, 0.15) is 37.7 Å². The van der Waals surface area contributed by atoms with Gasteiger partial charge in [0.25, 0.3) is 0 Å². The number of anilines is 1. The number of nitrogens with one attached hydrogen (secondary N) is 1. The fourth-order valence-corrected chi connectivity index (χ4v) is 4.22. The van der Waals surface area contributed by atoms with E-state index in [1.54, 1.807) is 0 Å². The van der Waals surface area contributed by atoms with Crippen LogP contribution in [-0.4, -0.2) is 43.9 Å². The first-order valence-electron chi connectivity index (χ1n) is 9.97. The van der Waals surface area contributed by atoms with Gasteiger partial charge in [-0.1, -0.05) is 12.8 Å². The van der Waals surface area contributed by atoms with E-state index in [0.717, 1.165) is 29.9 Å². The summed E-state index contributed by atoms with van der Waals surface area (Å²) < 4.78 is 40.6. The molecule has 3 amide bonds. The van der Waals surface area contributed by atoms with E-state index in [1.165, 1.54) is 23.4 Å². The fourth-order valence-electron chi connectivity index (χ4n) is 4.22. The average Bonchev–Trinajstić information content (AvgIpc) is 3.34. The molecule has 1 N–H and O–H groups in total. The Bertz CT molecular complexity index is 982. The Morgan fingerprint density at radius 2 is 1.81 bits per heavy atom. The van der Waals surface area contributed by atoms with Gasteiger partial charge in [-0.05, 0) is 31.0 Å². The molecule has 4 rings (SSSR count). The average molecular weight is 435 g/mol. The Kier molecular flexibility index (Phi) is 5.50. The van der Waals surface area contributed by atoms with E-state index < -0.39 is 17.6 Å². The number of halogens is 3. The minimum atomic E-state index is -4.59. The van der Waals surface area contributed by atoms with Gasteiger partial charge in [0.2, 0.25) is 17.7 Å². The zero-order valence-corrected chi connectivity index (χ0v) is 16.4. The normalized spacial score (nSPS) is 21.3. The lowest BCUT2D eigenvalue weighted by Gasteiger charge is -2.19. The van der Waals surface area contributed by atoms with E-state index in [2.05, 4.69) is 15.4 Å². The molecule has 164 valence electrons. The molecule has 0 radical (unpaired) electrons. The lowest BCUT2D eigenvalue weighted by atomic mass is 9.81. The van der Waals surface area contributed by atoms with E-state index in [9.17, 15) is 27.6 Å². The van der Waals surface area contributed by atoms with Crippen molar-refractivity contribution < 1.29 is 27.6 Å². The molecule has 1 aliphatic heterocycles. The van der Waals surface area contributed by atoms with E-state index in [-0.39, 0.29) is 48.0 Å². The summed E-state index contributed by atoms with van der Waals surface area (Å²) in [6.45, 7) is -0.103. The third-order valence-electron chi connectivity index (χ3n) is 5.76.